The van der Waals surface area contributed by atoms with Gasteiger partial charge < -0.3 is 24.6 Å². The van der Waals surface area contributed by atoms with E-state index >= 15 is 0 Å². The molecule has 9 nitrogen and oxygen atoms in total. The lowest BCUT2D eigenvalue weighted by atomic mass is 9.91. The number of rotatable bonds is 7. The van der Waals surface area contributed by atoms with Gasteiger partial charge in [0.25, 0.3) is 5.91 Å². The van der Waals surface area contributed by atoms with Crippen LogP contribution >= 0.6 is 0 Å². The minimum Gasteiger partial charge on any atom is -0.496 e. The van der Waals surface area contributed by atoms with Crippen LogP contribution in [0.1, 0.15) is 36.2 Å². The molecule has 3 unspecified atom stereocenters. The highest BCUT2D eigenvalue weighted by Crippen LogP contribution is 2.51. The fourth-order valence-electron chi connectivity index (χ4n) is 6.35. The van der Waals surface area contributed by atoms with Crippen LogP contribution in [0, 0.1) is 11.8 Å². The maximum Gasteiger partial charge on any atom is 0.507 e. The molecule has 1 amide bonds. The van der Waals surface area contributed by atoms with Crippen LogP contribution in [-0.4, -0.2) is 46.9 Å². The number of methoxy groups -OCH3 is 2. The molecule has 4 aromatic rings. The molecule has 2 N–H and O–H groups in total. The second-order valence-corrected chi connectivity index (χ2v) is 10.2. The Balaban J connectivity index is 1.50. The van der Waals surface area contributed by atoms with Gasteiger partial charge in [0.2, 0.25) is 0 Å². The molecular weight excluding hydrogens is 498 g/mol. The maximum atomic E-state index is 13.7. The first-order valence-corrected chi connectivity index (χ1v) is 13.0. The summed E-state index contributed by atoms with van der Waals surface area (Å²) in [4.78, 5) is 25.4. The number of carbonyl (C=O) groups excluding carboxylic acids is 1. The quantitative estimate of drug-likeness (QED) is 0.236. The summed E-state index contributed by atoms with van der Waals surface area (Å²) in [5, 5.41) is 19.1. The number of hydrogen-bond acceptors (Lipinski definition) is 6. The van der Waals surface area contributed by atoms with Crippen molar-refractivity contribution in [2.24, 2.45) is 11.8 Å². The number of nitrogens with zero attached hydrogens (tertiary/aromatic N) is 2. The zero-order valence-corrected chi connectivity index (χ0v) is 21.7. The van der Waals surface area contributed by atoms with Crippen LogP contribution in [-0.2, 0) is 4.74 Å². The third-order valence-electron chi connectivity index (χ3n) is 8.01. The SMILES string of the molecule is COc1cccc(OC)c1-c1cc(C(=O)NC2(OC(=O)O)CC3CCC2C3)nn1-c1cccc2ccccc12. The van der Waals surface area contributed by atoms with Crippen molar-refractivity contribution >= 4 is 22.8 Å². The van der Waals surface area contributed by atoms with E-state index in [-0.39, 0.29) is 11.6 Å². The van der Waals surface area contributed by atoms with E-state index in [4.69, 9.17) is 19.3 Å². The smallest absolute Gasteiger partial charge is 0.496 e. The van der Waals surface area contributed by atoms with Crippen LogP contribution in [0.3, 0.4) is 0 Å². The van der Waals surface area contributed by atoms with E-state index < -0.39 is 17.8 Å². The molecular formula is C30H29N3O6. The molecule has 9 heteroatoms. The Labute approximate surface area is 225 Å². The molecule has 39 heavy (non-hydrogen) atoms. The average Bonchev–Trinajstić information content (AvgIpc) is 3.67. The van der Waals surface area contributed by atoms with Crippen molar-refractivity contribution in [2.45, 2.75) is 31.4 Å². The Morgan fingerprint density at radius 2 is 1.72 bits per heavy atom. The Morgan fingerprint density at radius 1 is 1.00 bits per heavy atom. The fourth-order valence-corrected chi connectivity index (χ4v) is 6.35. The Hall–Kier alpha value is -4.53. The molecule has 6 rings (SSSR count). The van der Waals surface area contributed by atoms with Crippen molar-refractivity contribution in [3.05, 3.63) is 72.4 Å². The number of hydrogen-bond donors (Lipinski definition) is 2. The van der Waals surface area contributed by atoms with Gasteiger partial charge in [0.05, 0.1) is 31.2 Å². The Bertz CT molecular complexity index is 1550. The highest BCUT2D eigenvalue weighted by molar-refractivity contribution is 5.96. The van der Waals surface area contributed by atoms with E-state index in [1.165, 1.54) is 0 Å². The summed E-state index contributed by atoms with van der Waals surface area (Å²) in [5.41, 5.74) is 0.871. The van der Waals surface area contributed by atoms with Crippen molar-refractivity contribution in [3.63, 3.8) is 0 Å². The minimum atomic E-state index is -1.40. The van der Waals surface area contributed by atoms with Crippen LogP contribution in [0.15, 0.2) is 66.7 Å². The summed E-state index contributed by atoms with van der Waals surface area (Å²) in [6, 6.07) is 21.0. The van der Waals surface area contributed by atoms with Gasteiger partial charge in [0.15, 0.2) is 11.4 Å². The number of amides is 1. The molecule has 200 valence electrons. The third-order valence-corrected chi connectivity index (χ3v) is 8.01. The molecule has 1 heterocycles. The van der Waals surface area contributed by atoms with Gasteiger partial charge in [-0.1, -0.05) is 42.5 Å². The second-order valence-electron chi connectivity index (χ2n) is 10.2. The highest BCUT2D eigenvalue weighted by Gasteiger charge is 2.55. The zero-order valence-electron chi connectivity index (χ0n) is 21.7. The molecule has 2 aliphatic carbocycles. The highest BCUT2D eigenvalue weighted by atomic mass is 16.7. The topological polar surface area (TPSA) is 112 Å². The van der Waals surface area contributed by atoms with Crippen molar-refractivity contribution in [2.75, 3.05) is 14.2 Å². The van der Waals surface area contributed by atoms with Crippen LogP contribution in [0.4, 0.5) is 4.79 Å². The molecule has 3 aromatic carbocycles. The van der Waals surface area contributed by atoms with Crippen molar-refractivity contribution in [3.8, 4) is 28.4 Å². The van der Waals surface area contributed by atoms with E-state index in [1.807, 2.05) is 60.7 Å². The van der Waals surface area contributed by atoms with Gasteiger partial charge >= 0.3 is 6.16 Å². The number of carboxylic acid groups (broad SMARTS) is 1. The summed E-state index contributed by atoms with van der Waals surface area (Å²) in [6.45, 7) is 0. The molecule has 0 spiro atoms. The van der Waals surface area contributed by atoms with Gasteiger partial charge in [-0.05, 0) is 54.8 Å². The minimum absolute atomic E-state index is 0.0588. The predicted molar refractivity (Wildman–Crippen MR) is 144 cm³/mol. The standard InChI is InChI=1S/C30H29N3O6/c1-37-25-11-6-12-26(38-2)27(25)24-16-22(32-33(24)23-10-5-8-19-7-3-4-9-21(19)23)28(34)31-30(39-29(35)36)17-18-13-14-20(30)15-18/h3-12,16,18,20H,13-15,17H2,1-2H3,(H,31,34)(H,35,36). The first-order chi connectivity index (χ1) is 18.9. The largest absolute Gasteiger partial charge is 0.507 e. The molecule has 2 aliphatic rings. The van der Waals surface area contributed by atoms with E-state index in [9.17, 15) is 14.7 Å². The summed E-state index contributed by atoms with van der Waals surface area (Å²) in [6.07, 6.45) is 1.73. The maximum absolute atomic E-state index is 13.7. The number of benzene rings is 3. The van der Waals surface area contributed by atoms with Gasteiger partial charge in [-0.3, -0.25) is 4.79 Å². The molecule has 0 saturated heterocycles. The van der Waals surface area contributed by atoms with Gasteiger partial charge in [-0.15, -0.1) is 0 Å². The van der Waals surface area contributed by atoms with E-state index in [2.05, 4.69) is 5.32 Å². The molecule has 2 fully saturated rings. The van der Waals surface area contributed by atoms with E-state index in [0.717, 1.165) is 35.7 Å². The van der Waals surface area contributed by atoms with Gasteiger partial charge in [0, 0.05) is 17.7 Å². The third kappa shape index (κ3) is 4.24. The lowest BCUT2D eigenvalue weighted by Gasteiger charge is -2.36. The molecule has 0 aliphatic heterocycles. The predicted octanol–water partition coefficient (Wildman–Crippen LogP) is 5.65. The normalized spacial score (nSPS) is 21.6. The molecule has 3 atom stereocenters. The van der Waals surface area contributed by atoms with Gasteiger partial charge in [-0.2, -0.15) is 5.10 Å². The Morgan fingerprint density at radius 3 is 2.38 bits per heavy atom. The fraction of sp³-hybridized carbons (Fsp3) is 0.300. The van der Waals surface area contributed by atoms with Crippen LogP contribution in [0.2, 0.25) is 0 Å². The molecule has 1 aromatic heterocycles. The summed E-state index contributed by atoms with van der Waals surface area (Å²) < 4.78 is 18.5. The van der Waals surface area contributed by atoms with Crippen molar-refractivity contribution in [1.29, 1.82) is 0 Å². The van der Waals surface area contributed by atoms with Crippen molar-refractivity contribution < 1.29 is 28.9 Å². The van der Waals surface area contributed by atoms with Crippen LogP contribution in [0.5, 0.6) is 11.5 Å². The van der Waals surface area contributed by atoms with Crippen LogP contribution < -0.4 is 14.8 Å². The van der Waals surface area contributed by atoms with Gasteiger partial charge in [0.1, 0.15) is 11.5 Å². The van der Waals surface area contributed by atoms with Gasteiger partial charge in [-0.25, -0.2) is 9.48 Å². The van der Waals surface area contributed by atoms with E-state index in [1.54, 1.807) is 25.0 Å². The lowest BCUT2D eigenvalue weighted by Crippen LogP contribution is -2.55. The summed E-state index contributed by atoms with van der Waals surface area (Å²) in [5.74, 6) is 0.883. The lowest BCUT2D eigenvalue weighted by molar-refractivity contribution is -0.0699. The summed E-state index contributed by atoms with van der Waals surface area (Å²) >= 11 is 0. The zero-order chi connectivity index (χ0) is 27.1. The number of fused-ring (bicyclic) bond motifs is 3. The molecule has 2 bridgehead atoms. The summed E-state index contributed by atoms with van der Waals surface area (Å²) in [7, 11) is 3.15. The second kappa shape index (κ2) is 9.65. The monoisotopic (exact) mass is 527 g/mol. The van der Waals surface area contributed by atoms with E-state index in [0.29, 0.717) is 35.1 Å². The number of aromatic nitrogens is 2. The number of ether oxygens (including phenoxy) is 3. The number of nitrogens with one attached hydrogen (secondary N) is 1. The van der Waals surface area contributed by atoms with Crippen molar-refractivity contribution in [1.82, 2.24) is 15.1 Å². The molecule has 0 radical (unpaired) electrons. The first-order valence-electron chi connectivity index (χ1n) is 13.0. The average molecular weight is 528 g/mol. The number of carbonyl (C=O) groups is 2. The molecule has 2 saturated carbocycles. The Kier molecular flexibility index (Phi) is 6.13. The van der Waals surface area contributed by atoms with Crippen LogP contribution in [0.25, 0.3) is 27.7 Å². The first kappa shape index (κ1) is 24.8.